The van der Waals surface area contributed by atoms with E-state index in [1.165, 1.54) is 0 Å². The van der Waals surface area contributed by atoms with Crippen LogP contribution in [0, 0.1) is 0 Å². The summed E-state index contributed by atoms with van der Waals surface area (Å²) in [5, 5.41) is 17.3. The molecule has 0 radical (unpaired) electrons. The third-order valence-electron chi connectivity index (χ3n) is 8.09. The van der Waals surface area contributed by atoms with Crippen LogP contribution in [0.5, 0.6) is 0 Å². The Balaban J connectivity index is 0.968. The van der Waals surface area contributed by atoms with Crippen LogP contribution in [0.25, 0.3) is 33.7 Å². The first-order valence-electron chi connectivity index (χ1n) is 15.4. The molecular formula is C30H37N13O3. The van der Waals surface area contributed by atoms with Crippen molar-refractivity contribution in [3.05, 3.63) is 43.4 Å². The summed E-state index contributed by atoms with van der Waals surface area (Å²) >= 11 is 0. The molecule has 2 aliphatic heterocycles. The Bertz CT molecular complexity index is 1820. The van der Waals surface area contributed by atoms with Crippen molar-refractivity contribution in [2.75, 3.05) is 37.7 Å². The highest BCUT2D eigenvalue weighted by molar-refractivity contribution is 5.69. The number of aryl methyl sites for hydroxylation is 1. The first kappa shape index (κ1) is 29.7. The molecule has 2 fully saturated rings. The van der Waals surface area contributed by atoms with Crippen molar-refractivity contribution >= 4 is 23.3 Å². The van der Waals surface area contributed by atoms with Gasteiger partial charge in [-0.1, -0.05) is 5.21 Å². The van der Waals surface area contributed by atoms with E-state index in [4.69, 9.17) is 14.5 Å². The van der Waals surface area contributed by atoms with E-state index in [0.29, 0.717) is 62.3 Å². The predicted octanol–water partition coefficient (Wildman–Crippen LogP) is 2.75. The standard InChI is InChI=1S/C30H37N13O3/c1-30(2,3)46-29(44)40-7-5-23(6-8-40)42-17-21(13-35-42)20-11-32-28(33-12-20)41-9-10-45-24(18-41)19-43-27-26(37-38-43)31-15-25(36-27)22-14-34-39(4)16-22/h11-17,23-24H,5-10,18-19H2,1-4H3. The van der Waals surface area contributed by atoms with Gasteiger partial charge in [0.25, 0.3) is 0 Å². The lowest BCUT2D eigenvalue weighted by Crippen LogP contribution is -2.45. The maximum Gasteiger partial charge on any atom is 0.410 e. The van der Waals surface area contributed by atoms with Gasteiger partial charge in [0.1, 0.15) is 5.60 Å². The largest absolute Gasteiger partial charge is 0.444 e. The molecule has 0 spiro atoms. The van der Waals surface area contributed by atoms with Crippen LogP contribution in [0.2, 0.25) is 0 Å². The monoisotopic (exact) mass is 627 g/mol. The Labute approximate surface area is 265 Å². The number of piperidine rings is 1. The quantitative estimate of drug-likeness (QED) is 0.271. The fourth-order valence-electron chi connectivity index (χ4n) is 5.74. The van der Waals surface area contributed by atoms with E-state index in [1.807, 2.05) is 63.5 Å². The second-order valence-corrected chi connectivity index (χ2v) is 12.7. The minimum atomic E-state index is -0.499. The Morgan fingerprint density at radius 1 is 0.957 bits per heavy atom. The van der Waals surface area contributed by atoms with Gasteiger partial charge in [-0.25, -0.2) is 29.4 Å². The van der Waals surface area contributed by atoms with Gasteiger partial charge >= 0.3 is 6.09 Å². The number of likely N-dealkylation sites (tertiary alicyclic amines) is 1. The lowest BCUT2D eigenvalue weighted by atomic mass is 10.1. The van der Waals surface area contributed by atoms with Crippen molar-refractivity contribution in [1.82, 2.24) is 59.4 Å². The van der Waals surface area contributed by atoms with Gasteiger partial charge in [0, 0.05) is 74.7 Å². The number of hydrogen-bond donors (Lipinski definition) is 0. The van der Waals surface area contributed by atoms with E-state index >= 15 is 0 Å². The lowest BCUT2D eigenvalue weighted by molar-refractivity contribution is 0.0184. The maximum absolute atomic E-state index is 12.4. The van der Waals surface area contributed by atoms with Crippen LogP contribution in [0.15, 0.2) is 43.4 Å². The van der Waals surface area contributed by atoms with Gasteiger partial charge in [-0.15, -0.1) is 5.10 Å². The Hall–Kier alpha value is -4.99. The van der Waals surface area contributed by atoms with Crippen LogP contribution in [0.3, 0.4) is 0 Å². The minimum absolute atomic E-state index is 0.161. The summed E-state index contributed by atoms with van der Waals surface area (Å²) in [6.45, 7) is 9.20. The van der Waals surface area contributed by atoms with Crippen LogP contribution in [-0.2, 0) is 23.1 Å². The maximum atomic E-state index is 12.4. The molecule has 2 saturated heterocycles. The lowest BCUT2D eigenvalue weighted by Gasteiger charge is -2.33. The Morgan fingerprint density at radius 2 is 1.74 bits per heavy atom. The predicted molar refractivity (Wildman–Crippen MR) is 167 cm³/mol. The molecule has 7 heterocycles. The average Bonchev–Trinajstić information content (AvgIpc) is 3.81. The molecule has 2 aliphatic rings. The molecule has 0 aromatic carbocycles. The minimum Gasteiger partial charge on any atom is -0.444 e. The van der Waals surface area contributed by atoms with Crippen LogP contribution < -0.4 is 4.90 Å². The highest BCUT2D eigenvalue weighted by Gasteiger charge is 2.28. The van der Waals surface area contributed by atoms with E-state index in [2.05, 4.69) is 40.4 Å². The second-order valence-electron chi connectivity index (χ2n) is 12.7. The smallest absolute Gasteiger partial charge is 0.410 e. The van der Waals surface area contributed by atoms with Crippen molar-refractivity contribution in [3.63, 3.8) is 0 Å². The molecule has 16 heteroatoms. The molecule has 0 saturated carbocycles. The van der Waals surface area contributed by atoms with Gasteiger partial charge in [-0.3, -0.25) is 9.36 Å². The van der Waals surface area contributed by atoms with E-state index in [-0.39, 0.29) is 18.2 Å². The molecule has 7 rings (SSSR count). The summed E-state index contributed by atoms with van der Waals surface area (Å²) in [5.41, 5.74) is 4.00. The molecule has 16 nitrogen and oxygen atoms in total. The van der Waals surface area contributed by atoms with Crippen molar-refractivity contribution < 1.29 is 14.3 Å². The SMILES string of the molecule is Cn1cc(-c2cnc3nnn(CC4CN(c5ncc(-c6cnn(C7CCN(C(=O)OC(C)(C)C)CC7)c6)cn5)CCO4)c3n2)cn1. The van der Waals surface area contributed by atoms with Crippen molar-refractivity contribution in [1.29, 1.82) is 0 Å². The van der Waals surface area contributed by atoms with Gasteiger partial charge in [-0.05, 0) is 33.6 Å². The first-order chi connectivity index (χ1) is 22.2. The molecule has 5 aromatic rings. The summed E-state index contributed by atoms with van der Waals surface area (Å²) in [7, 11) is 1.86. The summed E-state index contributed by atoms with van der Waals surface area (Å²) < 4.78 is 17.0. The third kappa shape index (κ3) is 6.38. The highest BCUT2D eigenvalue weighted by atomic mass is 16.6. The van der Waals surface area contributed by atoms with Crippen LogP contribution >= 0.6 is 0 Å². The van der Waals surface area contributed by atoms with Gasteiger partial charge < -0.3 is 19.3 Å². The van der Waals surface area contributed by atoms with Crippen LogP contribution in [0.4, 0.5) is 10.7 Å². The number of amides is 1. The van der Waals surface area contributed by atoms with Gasteiger partial charge in [0.2, 0.25) is 11.6 Å². The van der Waals surface area contributed by atoms with Crippen LogP contribution in [0.1, 0.15) is 39.7 Å². The number of carbonyl (C=O) groups excluding carboxylic acids is 1. The van der Waals surface area contributed by atoms with Crippen molar-refractivity contribution in [2.45, 2.75) is 57.9 Å². The molecule has 240 valence electrons. The zero-order chi connectivity index (χ0) is 31.8. The zero-order valence-corrected chi connectivity index (χ0v) is 26.4. The molecule has 0 bridgehead atoms. The molecular weight excluding hydrogens is 590 g/mol. The van der Waals surface area contributed by atoms with E-state index in [0.717, 1.165) is 29.5 Å². The number of carbonyl (C=O) groups is 1. The molecule has 0 aliphatic carbocycles. The van der Waals surface area contributed by atoms with Gasteiger partial charge in [0.15, 0.2) is 5.65 Å². The molecule has 46 heavy (non-hydrogen) atoms. The van der Waals surface area contributed by atoms with Crippen molar-refractivity contribution in [3.8, 4) is 22.4 Å². The topological polar surface area (TPSA) is 160 Å². The summed E-state index contributed by atoms with van der Waals surface area (Å²) in [6.07, 6.45) is 14.1. The molecule has 1 amide bonds. The summed E-state index contributed by atoms with van der Waals surface area (Å²) in [5.74, 6) is 0.640. The first-order valence-corrected chi connectivity index (χ1v) is 15.4. The number of anilines is 1. The van der Waals surface area contributed by atoms with Gasteiger partial charge in [-0.2, -0.15) is 10.2 Å². The number of fused-ring (bicyclic) bond motifs is 1. The molecule has 0 N–H and O–H groups in total. The van der Waals surface area contributed by atoms with Gasteiger partial charge in [0.05, 0.1) is 49.6 Å². The highest BCUT2D eigenvalue weighted by Crippen LogP contribution is 2.27. The molecule has 1 unspecified atom stereocenters. The molecule has 5 aromatic heterocycles. The number of rotatable bonds is 6. The van der Waals surface area contributed by atoms with E-state index in [1.54, 1.807) is 26.7 Å². The Morgan fingerprint density at radius 3 is 2.48 bits per heavy atom. The fraction of sp³-hybridized carbons (Fsp3) is 0.500. The zero-order valence-electron chi connectivity index (χ0n) is 26.4. The number of hydrogen-bond acceptors (Lipinski definition) is 12. The number of nitrogens with zero attached hydrogens (tertiary/aromatic N) is 13. The Kier molecular flexibility index (Phi) is 7.80. The third-order valence-corrected chi connectivity index (χ3v) is 8.09. The number of aromatic nitrogens is 11. The fourth-order valence-corrected chi connectivity index (χ4v) is 5.74. The number of ether oxygens (including phenoxy) is 2. The summed E-state index contributed by atoms with van der Waals surface area (Å²) in [4.78, 5) is 34.9. The number of morpholine rings is 1. The van der Waals surface area contributed by atoms with Crippen LogP contribution in [-0.4, -0.2) is 110 Å². The molecule has 1 atom stereocenters. The second kappa shape index (κ2) is 12.1. The average molecular weight is 628 g/mol. The van der Waals surface area contributed by atoms with E-state index in [9.17, 15) is 4.79 Å². The summed E-state index contributed by atoms with van der Waals surface area (Å²) in [6, 6.07) is 0.216. The normalized spacial score (nSPS) is 18.0. The van der Waals surface area contributed by atoms with Crippen molar-refractivity contribution in [2.24, 2.45) is 7.05 Å². The van der Waals surface area contributed by atoms with E-state index < -0.39 is 5.60 Å².